The predicted molar refractivity (Wildman–Crippen MR) is 133 cm³/mol. The molecule has 1 aromatic carbocycles. The van der Waals surface area contributed by atoms with E-state index in [1.54, 1.807) is 21.3 Å². The molecule has 0 aromatic heterocycles. The van der Waals surface area contributed by atoms with Crippen LogP contribution in [0, 0.1) is 0 Å². The van der Waals surface area contributed by atoms with Crippen LogP contribution in [0.4, 0.5) is 0 Å². The van der Waals surface area contributed by atoms with Crippen LogP contribution in [0.1, 0.15) is 24.8 Å². The van der Waals surface area contributed by atoms with Crippen LogP contribution < -0.4 is 19.5 Å². The Morgan fingerprint density at radius 2 is 2.06 bits per heavy atom. The fourth-order valence-corrected chi connectivity index (χ4v) is 4.21. The van der Waals surface area contributed by atoms with Crippen molar-refractivity contribution in [3.8, 4) is 11.5 Å². The monoisotopic (exact) mass is 570 g/mol. The van der Waals surface area contributed by atoms with Gasteiger partial charge in [-0.05, 0) is 31.4 Å². The number of rotatable bonds is 10. The van der Waals surface area contributed by atoms with Crippen LogP contribution in [0.5, 0.6) is 11.5 Å². The van der Waals surface area contributed by atoms with Gasteiger partial charge in [-0.3, -0.25) is 4.99 Å². The Balaban J connectivity index is 0.00000480. The van der Waals surface area contributed by atoms with Crippen molar-refractivity contribution in [1.29, 1.82) is 0 Å². The zero-order valence-electron chi connectivity index (χ0n) is 18.7. The molecule has 1 saturated heterocycles. The first-order valence-electron chi connectivity index (χ1n) is 10.1. The van der Waals surface area contributed by atoms with Gasteiger partial charge < -0.3 is 24.4 Å². The summed E-state index contributed by atoms with van der Waals surface area (Å²) in [4.78, 5) is 6.15. The van der Waals surface area contributed by atoms with E-state index in [-0.39, 0.29) is 42.4 Å². The maximum absolute atomic E-state index is 12.3. The standard InChI is InChI=1S/C20H34N4O5S.HI/c1-21-20(24(2)15-16-8-9-17(27-3)13-19(16)28-4)22-10-12-30(25,26)23-14-18-7-5-6-11-29-18;/h8-9,13,18,23H,5-7,10-12,14-15H2,1-4H3,(H,21,22);1H. The molecule has 0 amide bonds. The first-order valence-corrected chi connectivity index (χ1v) is 11.8. The largest absolute Gasteiger partial charge is 0.497 e. The molecule has 178 valence electrons. The van der Waals surface area contributed by atoms with Crippen LogP contribution in [-0.2, 0) is 21.3 Å². The number of nitrogens with one attached hydrogen (secondary N) is 2. The van der Waals surface area contributed by atoms with Gasteiger partial charge in [0, 0.05) is 52.0 Å². The summed E-state index contributed by atoms with van der Waals surface area (Å²) in [5, 5.41) is 3.10. The van der Waals surface area contributed by atoms with E-state index in [4.69, 9.17) is 14.2 Å². The Bertz CT molecular complexity index is 801. The van der Waals surface area contributed by atoms with Crippen LogP contribution in [0.15, 0.2) is 23.2 Å². The van der Waals surface area contributed by atoms with E-state index in [2.05, 4.69) is 15.0 Å². The second kappa shape index (κ2) is 14.0. The van der Waals surface area contributed by atoms with Crippen molar-refractivity contribution in [2.45, 2.75) is 31.9 Å². The third-order valence-electron chi connectivity index (χ3n) is 4.93. The summed E-state index contributed by atoms with van der Waals surface area (Å²) < 4.78 is 43.4. The minimum Gasteiger partial charge on any atom is -0.497 e. The highest BCUT2D eigenvalue weighted by atomic mass is 127. The van der Waals surface area contributed by atoms with E-state index in [1.165, 1.54) is 0 Å². The van der Waals surface area contributed by atoms with Gasteiger partial charge in [-0.2, -0.15) is 0 Å². The van der Waals surface area contributed by atoms with E-state index >= 15 is 0 Å². The Labute approximate surface area is 203 Å². The van der Waals surface area contributed by atoms with Crippen LogP contribution >= 0.6 is 24.0 Å². The van der Waals surface area contributed by atoms with Crippen molar-refractivity contribution in [1.82, 2.24) is 14.9 Å². The third-order valence-corrected chi connectivity index (χ3v) is 6.28. The Kier molecular flexibility index (Phi) is 12.5. The number of hydrogen-bond acceptors (Lipinski definition) is 6. The van der Waals surface area contributed by atoms with E-state index in [1.807, 2.05) is 30.1 Å². The van der Waals surface area contributed by atoms with Crippen molar-refractivity contribution >= 4 is 40.0 Å². The van der Waals surface area contributed by atoms with Crippen molar-refractivity contribution in [2.24, 2.45) is 4.99 Å². The van der Waals surface area contributed by atoms with Gasteiger partial charge >= 0.3 is 0 Å². The van der Waals surface area contributed by atoms with Gasteiger partial charge in [0.1, 0.15) is 11.5 Å². The Morgan fingerprint density at radius 1 is 1.29 bits per heavy atom. The highest BCUT2D eigenvalue weighted by Gasteiger charge is 2.18. The van der Waals surface area contributed by atoms with E-state index in [0.29, 0.717) is 31.4 Å². The molecule has 2 N–H and O–H groups in total. The van der Waals surface area contributed by atoms with Crippen LogP contribution in [0.3, 0.4) is 0 Å². The van der Waals surface area contributed by atoms with Crippen molar-refractivity contribution in [3.05, 3.63) is 23.8 Å². The molecule has 0 radical (unpaired) electrons. The number of hydrogen-bond donors (Lipinski definition) is 2. The molecule has 0 spiro atoms. The highest BCUT2D eigenvalue weighted by Crippen LogP contribution is 2.25. The molecule has 0 bridgehead atoms. The second-order valence-electron chi connectivity index (χ2n) is 7.16. The topological polar surface area (TPSA) is 101 Å². The average molecular weight is 570 g/mol. The molecular weight excluding hydrogens is 535 g/mol. The second-order valence-corrected chi connectivity index (χ2v) is 9.09. The minimum atomic E-state index is -3.39. The molecule has 1 aliphatic rings. The normalized spacial score (nSPS) is 16.9. The number of guanidine groups is 1. The first kappa shape index (κ1) is 27.7. The fraction of sp³-hybridized carbons (Fsp3) is 0.650. The quantitative estimate of drug-likeness (QED) is 0.252. The van der Waals surface area contributed by atoms with Crippen LogP contribution in [0.25, 0.3) is 0 Å². The summed E-state index contributed by atoms with van der Waals surface area (Å²) in [6.07, 6.45) is 2.99. The first-order chi connectivity index (χ1) is 14.4. The van der Waals surface area contributed by atoms with Gasteiger partial charge in [-0.15, -0.1) is 24.0 Å². The lowest BCUT2D eigenvalue weighted by molar-refractivity contribution is 0.0200. The van der Waals surface area contributed by atoms with Gasteiger partial charge in [-0.25, -0.2) is 13.1 Å². The number of ether oxygens (including phenoxy) is 3. The molecule has 0 aliphatic carbocycles. The molecular formula is C20H35IN4O5S. The summed E-state index contributed by atoms with van der Waals surface area (Å²) in [5.41, 5.74) is 0.963. The van der Waals surface area contributed by atoms with Crippen LogP contribution in [-0.4, -0.2) is 79.1 Å². The zero-order chi connectivity index (χ0) is 22.0. The minimum absolute atomic E-state index is 0. The maximum Gasteiger partial charge on any atom is 0.213 e. The molecule has 2 rings (SSSR count). The molecule has 1 atom stereocenters. The van der Waals surface area contributed by atoms with Gasteiger partial charge in [0.2, 0.25) is 10.0 Å². The summed E-state index contributed by atoms with van der Waals surface area (Å²) in [5.74, 6) is 1.99. The summed E-state index contributed by atoms with van der Waals surface area (Å²) in [6.45, 7) is 1.82. The zero-order valence-corrected chi connectivity index (χ0v) is 21.9. The molecule has 1 heterocycles. The maximum atomic E-state index is 12.3. The van der Waals surface area contributed by atoms with E-state index in [9.17, 15) is 8.42 Å². The van der Waals surface area contributed by atoms with Gasteiger partial charge in [0.05, 0.1) is 26.1 Å². The van der Waals surface area contributed by atoms with Crippen molar-refractivity contribution < 1.29 is 22.6 Å². The number of methoxy groups -OCH3 is 2. The summed E-state index contributed by atoms with van der Waals surface area (Å²) >= 11 is 0. The lowest BCUT2D eigenvalue weighted by Crippen LogP contribution is -2.43. The number of benzene rings is 1. The van der Waals surface area contributed by atoms with Gasteiger partial charge in [0.25, 0.3) is 0 Å². The molecule has 0 saturated carbocycles. The predicted octanol–water partition coefficient (Wildman–Crippen LogP) is 1.82. The molecule has 31 heavy (non-hydrogen) atoms. The molecule has 1 fully saturated rings. The third kappa shape index (κ3) is 9.38. The SMILES string of the molecule is CN=C(NCCS(=O)(=O)NCC1CCCCO1)N(C)Cc1ccc(OC)cc1OC.I. The smallest absolute Gasteiger partial charge is 0.213 e. The highest BCUT2D eigenvalue weighted by molar-refractivity contribution is 14.0. The lowest BCUT2D eigenvalue weighted by Gasteiger charge is -2.24. The summed E-state index contributed by atoms with van der Waals surface area (Å²) in [6, 6.07) is 5.63. The van der Waals surface area contributed by atoms with Crippen LogP contribution in [0.2, 0.25) is 0 Å². The van der Waals surface area contributed by atoms with E-state index < -0.39 is 10.0 Å². The molecule has 1 unspecified atom stereocenters. The molecule has 11 heteroatoms. The molecule has 9 nitrogen and oxygen atoms in total. The number of sulfonamides is 1. The molecule has 1 aliphatic heterocycles. The number of halogens is 1. The fourth-order valence-electron chi connectivity index (χ4n) is 3.26. The Hall–Kier alpha value is -1.31. The van der Waals surface area contributed by atoms with Crippen molar-refractivity contribution in [2.75, 3.05) is 53.8 Å². The number of aliphatic imine (C=N–C) groups is 1. The van der Waals surface area contributed by atoms with E-state index in [0.717, 1.165) is 30.6 Å². The molecule has 1 aromatic rings. The summed E-state index contributed by atoms with van der Waals surface area (Å²) in [7, 11) is 3.38. The van der Waals surface area contributed by atoms with Gasteiger partial charge in [0.15, 0.2) is 5.96 Å². The van der Waals surface area contributed by atoms with Crippen molar-refractivity contribution in [3.63, 3.8) is 0 Å². The number of nitrogens with zero attached hydrogens (tertiary/aromatic N) is 2. The lowest BCUT2D eigenvalue weighted by atomic mass is 10.1. The average Bonchev–Trinajstić information content (AvgIpc) is 2.76. The Morgan fingerprint density at radius 3 is 2.68 bits per heavy atom. The van der Waals surface area contributed by atoms with Gasteiger partial charge in [-0.1, -0.05) is 0 Å².